The van der Waals surface area contributed by atoms with Gasteiger partial charge in [0.05, 0.1) is 34.7 Å². The highest BCUT2D eigenvalue weighted by atomic mass is 32.1. The number of carbonyl (C=O) groups excluding carboxylic acids is 2. The zero-order valence-corrected chi connectivity index (χ0v) is 22.4. The smallest absolute Gasteiger partial charge is 0.309 e. The van der Waals surface area contributed by atoms with Crippen molar-refractivity contribution in [2.45, 2.75) is 98.9 Å². The number of carbonyl (C=O) groups is 2. The number of rotatable bonds is 2. The first-order valence-corrected chi connectivity index (χ1v) is 13.1. The van der Waals surface area contributed by atoms with E-state index in [1.54, 1.807) is 32.1 Å². The van der Waals surface area contributed by atoms with Gasteiger partial charge in [-0.2, -0.15) is 0 Å². The van der Waals surface area contributed by atoms with E-state index in [-0.39, 0.29) is 18.1 Å². The van der Waals surface area contributed by atoms with Crippen LogP contribution in [-0.2, 0) is 14.3 Å². The quantitative estimate of drug-likeness (QED) is 0.432. The molecule has 190 valence electrons. The molecular formula is C27H41NO5S. The van der Waals surface area contributed by atoms with Crippen molar-refractivity contribution in [1.29, 1.82) is 0 Å². The highest BCUT2D eigenvalue weighted by Gasteiger charge is 2.42. The Hall–Kier alpha value is -1.83. The molecule has 1 aromatic heterocycles. The number of Topliss-reactive ketones (excluding diaryl/α,β-unsaturated/α-hetero) is 1. The van der Waals surface area contributed by atoms with Crippen molar-refractivity contribution in [2.24, 2.45) is 17.3 Å². The number of aromatic nitrogens is 1. The molecule has 0 spiro atoms. The summed E-state index contributed by atoms with van der Waals surface area (Å²) in [6.45, 7) is 12.8. The van der Waals surface area contributed by atoms with Gasteiger partial charge in [0, 0.05) is 17.7 Å². The van der Waals surface area contributed by atoms with Crippen LogP contribution in [-0.4, -0.2) is 45.3 Å². The number of hydrogen-bond acceptors (Lipinski definition) is 7. The van der Waals surface area contributed by atoms with E-state index in [2.05, 4.69) is 18.0 Å². The van der Waals surface area contributed by atoms with Crippen molar-refractivity contribution in [3.8, 4) is 0 Å². The van der Waals surface area contributed by atoms with Crippen LogP contribution in [0, 0.1) is 24.2 Å². The summed E-state index contributed by atoms with van der Waals surface area (Å²) in [5.41, 5.74) is 1.71. The molecule has 0 unspecified atom stereocenters. The summed E-state index contributed by atoms with van der Waals surface area (Å²) >= 11 is 1.56. The number of aliphatic hydroxyl groups is 2. The van der Waals surface area contributed by atoms with E-state index < -0.39 is 35.6 Å². The molecule has 0 aromatic carbocycles. The topological polar surface area (TPSA) is 96.7 Å². The SMILES string of the molecule is C/C1=C/C[C@@H](/C(C)=C/c2csc(C)n2)OC(=O)C[C@H](O)C(C)(C)C(=O)[C@H](C)[C@H](O)[C@@H](C)CCC1. The Morgan fingerprint density at radius 2 is 1.91 bits per heavy atom. The first-order valence-electron chi connectivity index (χ1n) is 12.2. The average Bonchev–Trinajstić information content (AvgIpc) is 3.18. The van der Waals surface area contributed by atoms with Crippen LogP contribution in [0.4, 0.5) is 0 Å². The average molecular weight is 492 g/mol. The van der Waals surface area contributed by atoms with E-state index in [1.165, 1.54) is 5.57 Å². The fourth-order valence-corrected chi connectivity index (χ4v) is 4.97. The molecule has 1 aliphatic heterocycles. The third kappa shape index (κ3) is 7.59. The van der Waals surface area contributed by atoms with Gasteiger partial charge in [0.25, 0.3) is 0 Å². The summed E-state index contributed by atoms with van der Waals surface area (Å²) in [6.07, 6.45) is 4.33. The van der Waals surface area contributed by atoms with Crippen LogP contribution in [0.25, 0.3) is 6.08 Å². The van der Waals surface area contributed by atoms with E-state index in [0.717, 1.165) is 35.5 Å². The molecule has 7 heteroatoms. The minimum absolute atomic E-state index is 0.0444. The first kappa shape index (κ1) is 28.4. The van der Waals surface area contributed by atoms with Gasteiger partial charge in [0.1, 0.15) is 11.9 Å². The van der Waals surface area contributed by atoms with Gasteiger partial charge in [-0.05, 0) is 57.6 Å². The van der Waals surface area contributed by atoms with E-state index in [1.807, 2.05) is 32.2 Å². The predicted molar refractivity (Wildman–Crippen MR) is 136 cm³/mol. The van der Waals surface area contributed by atoms with Gasteiger partial charge in [-0.3, -0.25) is 9.59 Å². The molecular weight excluding hydrogens is 450 g/mol. The summed E-state index contributed by atoms with van der Waals surface area (Å²) in [5.74, 6) is -1.49. The Kier molecular flexibility index (Phi) is 10.2. The van der Waals surface area contributed by atoms with Crippen LogP contribution in [0.5, 0.6) is 0 Å². The second-order valence-electron chi connectivity index (χ2n) is 10.4. The van der Waals surface area contributed by atoms with Gasteiger partial charge in [-0.1, -0.05) is 39.3 Å². The zero-order chi connectivity index (χ0) is 25.6. The van der Waals surface area contributed by atoms with Gasteiger partial charge < -0.3 is 14.9 Å². The van der Waals surface area contributed by atoms with Crippen molar-refractivity contribution < 1.29 is 24.5 Å². The number of esters is 1. The lowest BCUT2D eigenvalue weighted by Gasteiger charge is -2.34. The molecule has 34 heavy (non-hydrogen) atoms. The Morgan fingerprint density at radius 3 is 2.53 bits per heavy atom. The number of allylic oxidation sites excluding steroid dienone is 1. The highest BCUT2D eigenvalue weighted by Crippen LogP contribution is 2.32. The minimum Gasteiger partial charge on any atom is -0.457 e. The van der Waals surface area contributed by atoms with E-state index in [0.29, 0.717) is 6.42 Å². The second-order valence-corrected chi connectivity index (χ2v) is 11.5. The Bertz CT molecular complexity index is 916. The summed E-state index contributed by atoms with van der Waals surface area (Å²) in [5, 5.41) is 24.5. The number of aryl methyl sites for hydroxylation is 1. The molecule has 0 saturated heterocycles. The molecule has 5 atom stereocenters. The molecule has 0 fully saturated rings. The Labute approximate surface area is 208 Å². The zero-order valence-electron chi connectivity index (χ0n) is 21.6. The van der Waals surface area contributed by atoms with Crippen molar-refractivity contribution >= 4 is 29.2 Å². The summed E-state index contributed by atoms with van der Waals surface area (Å²) in [4.78, 5) is 30.5. The number of nitrogens with zero attached hydrogens (tertiary/aromatic N) is 1. The van der Waals surface area contributed by atoms with Crippen LogP contribution in [0.1, 0.15) is 84.3 Å². The monoisotopic (exact) mass is 491 g/mol. The standard InChI is InChI=1S/C27H41NO5S/c1-16-9-8-10-17(2)25(31)19(4)26(32)27(6,7)23(29)14-24(30)33-22(12-11-16)18(3)13-21-15-34-20(5)28-21/h11,13,15,17,19,22-23,25,29,31H,8-10,12,14H2,1-7H3/b16-11-,18-13+/t17-,19+,22-,23-,25+/m0/s1. The molecule has 6 nitrogen and oxygen atoms in total. The van der Waals surface area contributed by atoms with Crippen LogP contribution in [0.3, 0.4) is 0 Å². The maximum absolute atomic E-state index is 13.2. The number of thiazole rings is 1. The lowest BCUT2D eigenvalue weighted by Crippen LogP contribution is -2.45. The fourth-order valence-electron chi connectivity index (χ4n) is 4.40. The van der Waals surface area contributed by atoms with Gasteiger partial charge in [0.15, 0.2) is 0 Å². The summed E-state index contributed by atoms with van der Waals surface area (Å²) in [6, 6.07) is 0. The number of hydrogen-bond donors (Lipinski definition) is 2. The molecule has 0 radical (unpaired) electrons. The molecule has 2 heterocycles. The molecule has 0 bridgehead atoms. The molecule has 0 saturated carbocycles. The largest absolute Gasteiger partial charge is 0.457 e. The summed E-state index contributed by atoms with van der Waals surface area (Å²) < 4.78 is 5.81. The van der Waals surface area contributed by atoms with Crippen molar-refractivity contribution in [1.82, 2.24) is 4.98 Å². The van der Waals surface area contributed by atoms with Crippen LogP contribution < -0.4 is 0 Å². The van der Waals surface area contributed by atoms with Crippen molar-refractivity contribution in [3.05, 3.63) is 33.3 Å². The lowest BCUT2D eigenvalue weighted by molar-refractivity contribution is -0.154. The Morgan fingerprint density at radius 1 is 1.24 bits per heavy atom. The van der Waals surface area contributed by atoms with E-state index in [4.69, 9.17) is 4.74 Å². The lowest BCUT2D eigenvalue weighted by atomic mass is 9.73. The maximum Gasteiger partial charge on any atom is 0.309 e. The van der Waals surface area contributed by atoms with Gasteiger partial charge >= 0.3 is 5.97 Å². The highest BCUT2D eigenvalue weighted by molar-refractivity contribution is 7.09. The molecule has 1 aliphatic rings. The number of ketones is 1. The van der Waals surface area contributed by atoms with Crippen molar-refractivity contribution in [3.63, 3.8) is 0 Å². The molecule has 2 rings (SSSR count). The van der Waals surface area contributed by atoms with Crippen LogP contribution in [0.2, 0.25) is 0 Å². The van der Waals surface area contributed by atoms with Crippen LogP contribution in [0.15, 0.2) is 22.6 Å². The number of aliphatic hydroxyl groups excluding tert-OH is 2. The van der Waals surface area contributed by atoms with Gasteiger partial charge in [0.2, 0.25) is 0 Å². The normalized spacial score (nSPS) is 32.1. The second kappa shape index (κ2) is 12.2. The molecule has 2 N–H and O–H groups in total. The molecule has 0 aliphatic carbocycles. The third-order valence-electron chi connectivity index (χ3n) is 7.04. The van der Waals surface area contributed by atoms with Gasteiger partial charge in [-0.15, -0.1) is 11.3 Å². The van der Waals surface area contributed by atoms with E-state index in [9.17, 15) is 19.8 Å². The Balaban J connectivity index is 2.33. The maximum atomic E-state index is 13.2. The van der Waals surface area contributed by atoms with Crippen LogP contribution >= 0.6 is 11.3 Å². The van der Waals surface area contributed by atoms with Gasteiger partial charge in [-0.25, -0.2) is 4.98 Å². The minimum atomic E-state index is -1.21. The number of cyclic esters (lactones) is 1. The molecule has 1 aromatic rings. The van der Waals surface area contributed by atoms with Crippen molar-refractivity contribution in [2.75, 3.05) is 0 Å². The third-order valence-corrected chi connectivity index (χ3v) is 7.83. The van der Waals surface area contributed by atoms with E-state index >= 15 is 0 Å². The molecule has 0 amide bonds. The predicted octanol–water partition coefficient (Wildman–Crippen LogP) is 5.27. The first-order chi connectivity index (χ1) is 15.8. The number of ether oxygens (including phenoxy) is 1. The summed E-state index contributed by atoms with van der Waals surface area (Å²) in [7, 11) is 0. The fraction of sp³-hybridized carbons (Fsp3) is 0.667.